The highest BCUT2D eigenvalue weighted by Crippen LogP contribution is 2.25. The molecule has 1 heterocycles. The first-order chi connectivity index (χ1) is 10.7. The molecule has 1 aliphatic rings. The van der Waals surface area contributed by atoms with Gasteiger partial charge in [0.2, 0.25) is 0 Å². The second-order valence-electron chi connectivity index (χ2n) is 6.07. The van der Waals surface area contributed by atoms with Crippen molar-refractivity contribution >= 4 is 11.6 Å². The number of aryl methyl sites for hydroxylation is 1. The van der Waals surface area contributed by atoms with Gasteiger partial charge in [-0.2, -0.15) is 5.10 Å². The predicted octanol–water partition coefficient (Wildman–Crippen LogP) is 3.08. The first-order valence-corrected chi connectivity index (χ1v) is 8.19. The lowest BCUT2D eigenvalue weighted by molar-refractivity contribution is 0.205. The summed E-state index contributed by atoms with van der Waals surface area (Å²) in [6.07, 6.45) is 6.95. The molecule has 22 heavy (non-hydrogen) atoms. The minimum atomic E-state index is 0.287. The average molecular weight is 320 g/mol. The van der Waals surface area contributed by atoms with Crippen molar-refractivity contribution in [3.05, 3.63) is 46.7 Å². The standard InChI is InChI=1S/C17H22ClN3O/c1-12-7-16(21-10-15(18)9-20-21)6-5-13(12)8-19-17-4-2-3-14(17)11-22/h5-7,9-10,14,17,19,22H,2-4,8,11H2,1H3/t14-,17+/m0/s1. The highest BCUT2D eigenvalue weighted by molar-refractivity contribution is 6.30. The van der Waals surface area contributed by atoms with Gasteiger partial charge in [-0.25, -0.2) is 4.68 Å². The number of nitrogens with one attached hydrogen (secondary N) is 1. The molecule has 2 atom stereocenters. The summed E-state index contributed by atoms with van der Waals surface area (Å²) >= 11 is 5.92. The number of nitrogens with zero attached hydrogens (tertiary/aromatic N) is 2. The van der Waals surface area contributed by atoms with Gasteiger partial charge in [0.15, 0.2) is 0 Å². The SMILES string of the molecule is Cc1cc(-n2cc(Cl)cn2)ccc1CN[C@@H]1CCC[C@H]1CO. The van der Waals surface area contributed by atoms with E-state index in [1.807, 2.05) is 0 Å². The smallest absolute Gasteiger partial charge is 0.0790 e. The van der Waals surface area contributed by atoms with Gasteiger partial charge in [0, 0.05) is 25.4 Å². The molecule has 0 bridgehead atoms. The third-order valence-electron chi connectivity index (χ3n) is 4.59. The number of hydrogen-bond donors (Lipinski definition) is 2. The summed E-state index contributed by atoms with van der Waals surface area (Å²) in [6, 6.07) is 6.76. The summed E-state index contributed by atoms with van der Waals surface area (Å²) < 4.78 is 1.78. The van der Waals surface area contributed by atoms with E-state index in [-0.39, 0.29) is 6.61 Å². The van der Waals surface area contributed by atoms with E-state index in [1.165, 1.54) is 17.5 Å². The summed E-state index contributed by atoms with van der Waals surface area (Å²) in [6.45, 7) is 3.24. The van der Waals surface area contributed by atoms with Gasteiger partial charge in [-0.05, 0) is 48.9 Å². The van der Waals surface area contributed by atoms with Crippen LogP contribution in [0, 0.1) is 12.8 Å². The third-order valence-corrected chi connectivity index (χ3v) is 4.79. The largest absolute Gasteiger partial charge is 0.396 e. The van der Waals surface area contributed by atoms with Crippen LogP contribution in [0.4, 0.5) is 0 Å². The van der Waals surface area contributed by atoms with Crippen LogP contribution in [0.2, 0.25) is 5.02 Å². The van der Waals surface area contributed by atoms with E-state index >= 15 is 0 Å². The van der Waals surface area contributed by atoms with Gasteiger partial charge in [0.05, 0.1) is 16.9 Å². The van der Waals surface area contributed by atoms with Gasteiger partial charge in [-0.3, -0.25) is 0 Å². The number of benzene rings is 1. The Morgan fingerprint density at radius 3 is 2.95 bits per heavy atom. The average Bonchev–Trinajstić information content (AvgIpc) is 3.14. The minimum absolute atomic E-state index is 0.287. The van der Waals surface area contributed by atoms with Crippen molar-refractivity contribution in [1.29, 1.82) is 0 Å². The number of aliphatic hydroxyl groups is 1. The maximum atomic E-state index is 9.39. The maximum Gasteiger partial charge on any atom is 0.0790 e. The topological polar surface area (TPSA) is 50.1 Å². The van der Waals surface area contributed by atoms with Gasteiger partial charge < -0.3 is 10.4 Å². The Hall–Kier alpha value is -1.36. The lowest BCUT2D eigenvalue weighted by Crippen LogP contribution is -2.33. The molecule has 2 aromatic rings. The van der Waals surface area contributed by atoms with Crippen molar-refractivity contribution in [2.75, 3.05) is 6.61 Å². The Morgan fingerprint density at radius 1 is 1.41 bits per heavy atom. The quantitative estimate of drug-likeness (QED) is 0.890. The normalized spacial score (nSPS) is 21.4. The highest BCUT2D eigenvalue weighted by Gasteiger charge is 2.25. The molecule has 2 N–H and O–H groups in total. The fourth-order valence-electron chi connectivity index (χ4n) is 3.23. The zero-order chi connectivity index (χ0) is 15.5. The molecule has 1 fully saturated rings. The minimum Gasteiger partial charge on any atom is -0.396 e. The molecular formula is C17H22ClN3O. The van der Waals surface area contributed by atoms with E-state index in [0.29, 0.717) is 17.0 Å². The first kappa shape index (κ1) is 15.5. The van der Waals surface area contributed by atoms with Crippen LogP contribution in [0.15, 0.2) is 30.6 Å². The lowest BCUT2D eigenvalue weighted by Gasteiger charge is -2.20. The highest BCUT2D eigenvalue weighted by atomic mass is 35.5. The van der Waals surface area contributed by atoms with E-state index in [0.717, 1.165) is 25.1 Å². The van der Waals surface area contributed by atoms with Crippen molar-refractivity contribution in [1.82, 2.24) is 15.1 Å². The maximum absolute atomic E-state index is 9.39. The molecule has 1 aromatic heterocycles. The van der Waals surface area contributed by atoms with E-state index in [9.17, 15) is 5.11 Å². The van der Waals surface area contributed by atoms with E-state index in [4.69, 9.17) is 11.6 Å². The van der Waals surface area contributed by atoms with Gasteiger partial charge in [0.25, 0.3) is 0 Å². The Morgan fingerprint density at radius 2 is 2.27 bits per heavy atom. The number of rotatable bonds is 5. The zero-order valence-corrected chi connectivity index (χ0v) is 13.6. The van der Waals surface area contributed by atoms with Crippen LogP contribution in [0.1, 0.15) is 30.4 Å². The van der Waals surface area contributed by atoms with Gasteiger partial charge in [0.1, 0.15) is 0 Å². The molecule has 0 aliphatic heterocycles. The molecule has 1 aromatic carbocycles. The van der Waals surface area contributed by atoms with Gasteiger partial charge in [-0.15, -0.1) is 0 Å². The molecule has 0 spiro atoms. The molecular weight excluding hydrogens is 298 g/mol. The molecule has 1 aliphatic carbocycles. The molecule has 5 heteroatoms. The third kappa shape index (κ3) is 3.35. The van der Waals surface area contributed by atoms with Crippen LogP contribution >= 0.6 is 11.6 Å². The van der Waals surface area contributed by atoms with Gasteiger partial charge >= 0.3 is 0 Å². The molecule has 3 rings (SSSR count). The Kier molecular flexibility index (Phi) is 4.81. The Bertz CT molecular complexity index is 641. The number of aliphatic hydroxyl groups excluding tert-OH is 1. The molecule has 0 unspecified atom stereocenters. The summed E-state index contributed by atoms with van der Waals surface area (Å²) in [4.78, 5) is 0. The number of aromatic nitrogens is 2. The summed E-state index contributed by atoms with van der Waals surface area (Å²) in [5.74, 6) is 0.408. The number of hydrogen-bond acceptors (Lipinski definition) is 3. The molecule has 0 amide bonds. The van der Waals surface area contributed by atoms with Crippen molar-refractivity contribution in [2.24, 2.45) is 5.92 Å². The molecule has 118 valence electrons. The molecule has 4 nitrogen and oxygen atoms in total. The van der Waals surface area contributed by atoms with Crippen LogP contribution in [0.5, 0.6) is 0 Å². The van der Waals surface area contributed by atoms with Crippen LogP contribution < -0.4 is 5.32 Å². The molecule has 1 saturated carbocycles. The Labute approximate surface area is 136 Å². The van der Waals surface area contributed by atoms with E-state index < -0.39 is 0 Å². The predicted molar refractivity (Wildman–Crippen MR) is 88.4 cm³/mol. The molecule has 0 saturated heterocycles. The fraction of sp³-hybridized carbons (Fsp3) is 0.471. The lowest BCUT2D eigenvalue weighted by atomic mass is 10.0. The molecule has 0 radical (unpaired) electrons. The van der Waals surface area contributed by atoms with Crippen LogP contribution in [0.3, 0.4) is 0 Å². The second kappa shape index (κ2) is 6.82. The van der Waals surface area contributed by atoms with E-state index in [2.05, 4.69) is 35.5 Å². The van der Waals surface area contributed by atoms with Crippen LogP contribution in [0.25, 0.3) is 5.69 Å². The van der Waals surface area contributed by atoms with Crippen molar-refractivity contribution in [3.8, 4) is 5.69 Å². The number of halogens is 1. The van der Waals surface area contributed by atoms with Crippen molar-refractivity contribution in [3.63, 3.8) is 0 Å². The fourth-order valence-corrected chi connectivity index (χ4v) is 3.36. The van der Waals surface area contributed by atoms with Crippen molar-refractivity contribution < 1.29 is 5.11 Å². The first-order valence-electron chi connectivity index (χ1n) is 7.81. The summed E-state index contributed by atoms with van der Waals surface area (Å²) in [5.41, 5.74) is 3.53. The van der Waals surface area contributed by atoms with Crippen molar-refractivity contribution in [2.45, 2.75) is 38.8 Å². The van der Waals surface area contributed by atoms with E-state index in [1.54, 1.807) is 17.1 Å². The summed E-state index contributed by atoms with van der Waals surface area (Å²) in [5, 5.41) is 17.9. The van der Waals surface area contributed by atoms with Crippen LogP contribution in [-0.4, -0.2) is 27.5 Å². The second-order valence-corrected chi connectivity index (χ2v) is 6.51. The van der Waals surface area contributed by atoms with Crippen LogP contribution in [-0.2, 0) is 6.54 Å². The monoisotopic (exact) mass is 319 g/mol. The zero-order valence-electron chi connectivity index (χ0n) is 12.8. The Balaban J connectivity index is 1.67. The summed E-state index contributed by atoms with van der Waals surface area (Å²) in [7, 11) is 0. The van der Waals surface area contributed by atoms with Gasteiger partial charge in [-0.1, -0.05) is 24.1 Å².